The van der Waals surface area contributed by atoms with Gasteiger partial charge in [0.2, 0.25) is 0 Å². The molecule has 0 aliphatic heterocycles. The van der Waals surface area contributed by atoms with E-state index in [4.69, 9.17) is 0 Å². The first-order valence-electron chi connectivity index (χ1n) is 4.30. The molecule has 1 N–H and O–H groups in total. The van der Waals surface area contributed by atoms with Crippen molar-refractivity contribution >= 4 is 21.8 Å². The number of rotatable bonds is 2. The molecule has 1 aromatic rings. The first-order chi connectivity index (χ1) is 7.30. The van der Waals surface area contributed by atoms with Gasteiger partial charge in [0.15, 0.2) is 0 Å². The average molecular weight is 297 g/mol. The van der Waals surface area contributed by atoms with E-state index >= 15 is 0 Å². The minimum absolute atomic E-state index is 0.0562. The predicted octanol–water partition coefficient (Wildman–Crippen LogP) is 2.52. The summed E-state index contributed by atoms with van der Waals surface area (Å²) in [4.78, 5) is 15.0. The molecule has 1 amide bonds. The van der Waals surface area contributed by atoms with Crippen molar-refractivity contribution in [3.63, 3.8) is 0 Å². The summed E-state index contributed by atoms with van der Waals surface area (Å²) in [7, 11) is 0. The van der Waals surface area contributed by atoms with Crippen LogP contribution in [0.2, 0.25) is 0 Å². The number of pyridine rings is 1. The second-order valence-electron chi connectivity index (χ2n) is 3.10. The summed E-state index contributed by atoms with van der Waals surface area (Å²) in [6, 6.07) is 0.966. The Hall–Kier alpha value is -1.11. The molecule has 0 saturated heterocycles. The van der Waals surface area contributed by atoms with Crippen LogP contribution in [0.5, 0.6) is 0 Å². The van der Waals surface area contributed by atoms with Gasteiger partial charge in [-0.1, -0.05) is 0 Å². The Morgan fingerprint density at radius 3 is 2.56 bits per heavy atom. The number of nitrogens with zero attached hydrogens (tertiary/aromatic N) is 1. The van der Waals surface area contributed by atoms with Crippen LogP contribution in [0.3, 0.4) is 0 Å². The number of nitrogens with one attached hydrogen (secondary N) is 1. The topological polar surface area (TPSA) is 42.0 Å². The molecule has 0 aliphatic rings. The molecule has 1 aromatic heterocycles. The smallest absolute Gasteiger partial charge is 0.339 e. The van der Waals surface area contributed by atoms with Gasteiger partial charge < -0.3 is 5.32 Å². The molecule has 3 nitrogen and oxygen atoms in total. The molecule has 0 aromatic carbocycles. The Balaban J connectivity index is 2.70. The molecular formula is C9H8BrF3N2O. The lowest BCUT2D eigenvalue weighted by atomic mass is 10.3. The van der Waals surface area contributed by atoms with Crippen LogP contribution in [-0.4, -0.2) is 23.1 Å². The van der Waals surface area contributed by atoms with E-state index < -0.39 is 18.1 Å². The second kappa shape index (κ2) is 4.82. The van der Waals surface area contributed by atoms with Crippen LogP contribution in [0.4, 0.5) is 13.2 Å². The summed E-state index contributed by atoms with van der Waals surface area (Å²) < 4.78 is 37.1. The van der Waals surface area contributed by atoms with E-state index in [0.29, 0.717) is 4.47 Å². The molecule has 1 unspecified atom stereocenters. The van der Waals surface area contributed by atoms with E-state index in [2.05, 4.69) is 20.9 Å². The molecular weight excluding hydrogens is 289 g/mol. The van der Waals surface area contributed by atoms with Crippen molar-refractivity contribution in [2.24, 2.45) is 0 Å². The van der Waals surface area contributed by atoms with Crippen molar-refractivity contribution in [3.05, 3.63) is 28.5 Å². The summed E-state index contributed by atoms with van der Waals surface area (Å²) in [6.07, 6.45) is -3.11. The van der Waals surface area contributed by atoms with Gasteiger partial charge in [0.25, 0.3) is 5.91 Å². The number of carbonyl (C=O) groups excluding carboxylic acids is 1. The molecule has 1 atom stereocenters. The molecule has 0 fully saturated rings. The van der Waals surface area contributed by atoms with E-state index in [1.807, 2.05) is 5.32 Å². The Morgan fingerprint density at radius 1 is 1.50 bits per heavy atom. The number of amides is 1. The lowest BCUT2D eigenvalue weighted by molar-refractivity contribution is -0.149. The first kappa shape index (κ1) is 13.0. The summed E-state index contributed by atoms with van der Waals surface area (Å²) in [5, 5.41) is 1.81. The maximum Gasteiger partial charge on any atom is 0.408 e. The standard InChI is InChI=1S/C9H8BrF3N2O/c1-5(9(11,12)13)15-8(16)7-3-2-6(10)4-14-7/h2-5H,1H3,(H,15,16). The molecule has 0 saturated carbocycles. The predicted molar refractivity (Wildman–Crippen MR) is 54.9 cm³/mol. The number of halogens is 4. The van der Waals surface area contributed by atoms with Gasteiger partial charge in [-0.3, -0.25) is 4.79 Å². The van der Waals surface area contributed by atoms with E-state index in [-0.39, 0.29) is 5.69 Å². The highest BCUT2D eigenvalue weighted by atomic mass is 79.9. The van der Waals surface area contributed by atoms with Gasteiger partial charge in [-0.2, -0.15) is 13.2 Å². The zero-order valence-corrected chi connectivity index (χ0v) is 9.76. The maximum atomic E-state index is 12.1. The Kier molecular flexibility index (Phi) is 3.90. The third-order valence-corrected chi connectivity index (χ3v) is 2.27. The van der Waals surface area contributed by atoms with Gasteiger partial charge >= 0.3 is 6.18 Å². The zero-order chi connectivity index (χ0) is 12.3. The van der Waals surface area contributed by atoms with E-state index in [0.717, 1.165) is 6.92 Å². The molecule has 0 bridgehead atoms. The van der Waals surface area contributed by atoms with Crippen molar-refractivity contribution in [1.29, 1.82) is 0 Å². The van der Waals surface area contributed by atoms with Crippen LogP contribution >= 0.6 is 15.9 Å². The highest BCUT2D eigenvalue weighted by molar-refractivity contribution is 9.10. The lowest BCUT2D eigenvalue weighted by Crippen LogP contribution is -2.43. The first-order valence-corrected chi connectivity index (χ1v) is 5.09. The van der Waals surface area contributed by atoms with Gasteiger partial charge in [0.1, 0.15) is 11.7 Å². The number of hydrogen-bond donors (Lipinski definition) is 1. The fourth-order valence-electron chi connectivity index (χ4n) is 0.863. The second-order valence-corrected chi connectivity index (χ2v) is 4.01. The summed E-state index contributed by atoms with van der Waals surface area (Å²) >= 11 is 3.10. The third kappa shape index (κ3) is 3.48. The largest absolute Gasteiger partial charge is 0.408 e. The average Bonchev–Trinajstić information content (AvgIpc) is 2.17. The summed E-state index contributed by atoms with van der Waals surface area (Å²) in [5.41, 5.74) is -0.0562. The Bertz CT molecular complexity index is 377. The fraction of sp³-hybridized carbons (Fsp3) is 0.333. The summed E-state index contributed by atoms with van der Waals surface area (Å²) in [5.74, 6) is -0.850. The number of hydrogen-bond acceptors (Lipinski definition) is 2. The lowest BCUT2D eigenvalue weighted by Gasteiger charge is -2.16. The van der Waals surface area contributed by atoms with Crippen LogP contribution < -0.4 is 5.32 Å². The van der Waals surface area contributed by atoms with Gasteiger partial charge in [0.05, 0.1) is 0 Å². The maximum absolute atomic E-state index is 12.1. The Morgan fingerprint density at radius 2 is 2.12 bits per heavy atom. The van der Waals surface area contributed by atoms with Crippen molar-refractivity contribution in [3.8, 4) is 0 Å². The molecule has 16 heavy (non-hydrogen) atoms. The molecule has 0 aliphatic carbocycles. The zero-order valence-electron chi connectivity index (χ0n) is 8.18. The number of carbonyl (C=O) groups is 1. The summed E-state index contributed by atoms with van der Waals surface area (Å²) in [6.45, 7) is 0.872. The van der Waals surface area contributed by atoms with Crippen LogP contribution in [0.25, 0.3) is 0 Å². The van der Waals surface area contributed by atoms with Crippen molar-refractivity contribution in [2.75, 3.05) is 0 Å². The van der Waals surface area contributed by atoms with Gasteiger partial charge in [0, 0.05) is 10.7 Å². The van der Waals surface area contributed by atoms with E-state index in [9.17, 15) is 18.0 Å². The van der Waals surface area contributed by atoms with E-state index in [1.165, 1.54) is 18.3 Å². The normalized spacial score (nSPS) is 13.3. The number of aromatic nitrogens is 1. The van der Waals surface area contributed by atoms with Crippen LogP contribution in [0.15, 0.2) is 22.8 Å². The van der Waals surface area contributed by atoms with Crippen molar-refractivity contribution < 1.29 is 18.0 Å². The fourth-order valence-corrected chi connectivity index (χ4v) is 1.10. The molecule has 1 rings (SSSR count). The van der Waals surface area contributed by atoms with Gasteiger partial charge in [-0.05, 0) is 35.0 Å². The van der Waals surface area contributed by atoms with Gasteiger partial charge in [-0.25, -0.2) is 4.98 Å². The minimum atomic E-state index is -4.45. The van der Waals surface area contributed by atoms with Crippen LogP contribution in [0.1, 0.15) is 17.4 Å². The SMILES string of the molecule is CC(NC(=O)c1ccc(Br)cn1)C(F)(F)F. The molecule has 0 spiro atoms. The molecule has 88 valence electrons. The highest BCUT2D eigenvalue weighted by Crippen LogP contribution is 2.19. The monoisotopic (exact) mass is 296 g/mol. The highest BCUT2D eigenvalue weighted by Gasteiger charge is 2.37. The van der Waals surface area contributed by atoms with Crippen LogP contribution in [-0.2, 0) is 0 Å². The van der Waals surface area contributed by atoms with Crippen molar-refractivity contribution in [1.82, 2.24) is 10.3 Å². The Labute approximate surface area is 98.2 Å². The molecule has 7 heteroatoms. The molecule has 0 radical (unpaired) electrons. The minimum Gasteiger partial charge on any atom is -0.339 e. The van der Waals surface area contributed by atoms with Crippen LogP contribution in [0, 0.1) is 0 Å². The van der Waals surface area contributed by atoms with Crippen molar-refractivity contribution in [2.45, 2.75) is 19.1 Å². The molecule has 1 heterocycles. The quantitative estimate of drug-likeness (QED) is 0.911. The third-order valence-electron chi connectivity index (χ3n) is 1.80. The van der Waals surface area contributed by atoms with Gasteiger partial charge in [-0.15, -0.1) is 0 Å². The van der Waals surface area contributed by atoms with E-state index in [1.54, 1.807) is 0 Å². The number of alkyl halides is 3.